The van der Waals surface area contributed by atoms with Crippen LogP contribution in [0.4, 0.5) is 0 Å². The molecule has 1 fully saturated rings. The van der Waals surface area contributed by atoms with Gasteiger partial charge in [-0.05, 0) is 36.8 Å². The van der Waals surface area contributed by atoms with Crippen molar-refractivity contribution in [3.63, 3.8) is 0 Å². The zero-order valence-electron chi connectivity index (χ0n) is 16.6. The summed E-state index contributed by atoms with van der Waals surface area (Å²) in [5.74, 6) is -2.83. The number of carboxylic acids is 2. The summed E-state index contributed by atoms with van der Waals surface area (Å²) >= 11 is 0. The molecule has 2 N–H and O–H groups in total. The van der Waals surface area contributed by atoms with Gasteiger partial charge in [-0.3, -0.25) is 9.69 Å². The largest absolute Gasteiger partial charge is 0.484 e. The molecule has 0 aliphatic carbocycles. The fourth-order valence-corrected chi connectivity index (χ4v) is 2.98. The monoisotopic (exact) mass is 402 g/mol. The zero-order chi connectivity index (χ0) is 21.4. The molecule has 1 saturated heterocycles. The number of hydrogen-bond donors (Lipinski definition) is 2. The average molecular weight is 402 g/mol. The van der Waals surface area contributed by atoms with Gasteiger partial charge >= 0.3 is 11.9 Å². The number of carbonyl (C=O) groups excluding carboxylic acids is 1. The first kappa shape index (κ1) is 22.2. The van der Waals surface area contributed by atoms with Crippen LogP contribution in [-0.2, 0) is 14.4 Å². The van der Waals surface area contributed by atoms with E-state index in [9.17, 15) is 4.79 Å². The Bertz CT molecular complexity index is 847. The van der Waals surface area contributed by atoms with Crippen molar-refractivity contribution in [1.82, 2.24) is 9.80 Å². The van der Waals surface area contributed by atoms with Crippen molar-refractivity contribution >= 4 is 28.6 Å². The minimum Gasteiger partial charge on any atom is -0.484 e. The Labute approximate surface area is 169 Å². The Balaban J connectivity index is 0.000000438. The normalized spacial score (nSPS) is 14.2. The summed E-state index contributed by atoms with van der Waals surface area (Å²) in [7, 11) is 0. The molecule has 29 heavy (non-hydrogen) atoms. The maximum Gasteiger partial charge on any atom is 0.414 e. The number of benzene rings is 2. The summed E-state index contributed by atoms with van der Waals surface area (Å²) < 4.78 is 5.70. The number of amides is 1. The minimum absolute atomic E-state index is 0.0709. The lowest BCUT2D eigenvalue weighted by Crippen LogP contribution is -2.51. The second kappa shape index (κ2) is 10.4. The smallest absolute Gasteiger partial charge is 0.414 e. The van der Waals surface area contributed by atoms with E-state index in [1.807, 2.05) is 35.2 Å². The number of aliphatic carboxylic acids is 2. The van der Waals surface area contributed by atoms with Crippen LogP contribution in [-0.4, -0.2) is 76.7 Å². The maximum absolute atomic E-state index is 12.3. The van der Waals surface area contributed by atoms with Crippen LogP contribution >= 0.6 is 0 Å². The third-order valence-electron chi connectivity index (χ3n) is 4.66. The van der Waals surface area contributed by atoms with E-state index in [0.29, 0.717) is 6.04 Å². The summed E-state index contributed by atoms with van der Waals surface area (Å²) in [6.45, 7) is 7.97. The molecule has 3 rings (SSSR count). The van der Waals surface area contributed by atoms with Crippen LogP contribution in [0, 0.1) is 0 Å². The number of piperazine rings is 1. The minimum atomic E-state index is -1.82. The summed E-state index contributed by atoms with van der Waals surface area (Å²) in [6.07, 6.45) is 0. The van der Waals surface area contributed by atoms with E-state index in [2.05, 4.69) is 30.9 Å². The predicted molar refractivity (Wildman–Crippen MR) is 108 cm³/mol. The number of ether oxygens (including phenoxy) is 1. The van der Waals surface area contributed by atoms with E-state index in [0.717, 1.165) is 37.3 Å². The number of hydrogen-bond acceptors (Lipinski definition) is 5. The number of carbonyl (C=O) groups is 3. The van der Waals surface area contributed by atoms with Gasteiger partial charge in [0.15, 0.2) is 6.61 Å². The summed E-state index contributed by atoms with van der Waals surface area (Å²) in [5, 5.41) is 17.1. The Morgan fingerprint density at radius 3 is 2.07 bits per heavy atom. The molecule has 1 aliphatic heterocycles. The molecule has 1 aliphatic rings. The SMILES string of the molecule is CC(C)N1CCN(C(=O)COc2ccc3ccccc3c2)CC1.O=C(O)C(=O)O. The van der Waals surface area contributed by atoms with Gasteiger partial charge in [-0.1, -0.05) is 30.3 Å². The Kier molecular flexibility index (Phi) is 7.97. The summed E-state index contributed by atoms with van der Waals surface area (Å²) in [6, 6.07) is 14.6. The second-order valence-corrected chi connectivity index (χ2v) is 6.92. The van der Waals surface area contributed by atoms with Crippen LogP contribution in [0.5, 0.6) is 5.75 Å². The van der Waals surface area contributed by atoms with Gasteiger partial charge in [-0.15, -0.1) is 0 Å². The first-order chi connectivity index (χ1) is 13.8. The standard InChI is InChI=1S/C19H24N2O2.C2H2O4/c1-15(2)20-9-11-21(12-10-20)19(22)14-23-18-8-7-16-5-3-4-6-17(16)13-18;3-1(4)2(5)6/h3-8,13,15H,9-12,14H2,1-2H3;(H,3,4)(H,5,6). The molecule has 0 spiro atoms. The van der Waals surface area contributed by atoms with Gasteiger partial charge in [0, 0.05) is 32.2 Å². The van der Waals surface area contributed by atoms with Gasteiger partial charge in [-0.25, -0.2) is 9.59 Å². The molecule has 0 radical (unpaired) electrons. The van der Waals surface area contributed by atoms with Crippen molar-refractivity contribution in [3.8, 4) is 5.75 Å². The van der Waals surface area contributed by atoms with E-state index in [4.69, 9.17) is 24.5 Å². The molecule has 8 nitrogen and oxygen atoms in total. The van der Waals surface area contributed by atoms with Crippen molar-refractivity contribution in [3.05, 3.63) is 42.5 Å². The van der Waals surface area contributed by atoms with Gasteiger partial charge in [0.1, 0.15) is 5.75 Å². The van der Waals surface area contributed by atoms with E-state index in [1.165, 1.54) is 5.39 Å². The summed E-state index contributed by atoms with van der Waals surface area (Å²) in [4.78, 5) is 34.8. The molecular formula is C21H26N2O6. The molecule has 156 valence electrons. The number of rotatable bonds is 4. The van der Waals surface area contributed by atoms with Crippen LogP contribution in [0.3, 0.4) is 0 Å². The topological polar surface area (TPSA) is 107 Å². The molecule has 8 heteroatoms. The van der Waals surface area contributed by atoms with Gasteiger partial charge in [0.25, 0.3) is 5.91 Å². The first-order valence-corrected chi connectivity index (χ1v) is 9.37. The van der Waals surface area contributed by atoms with Gasteiger partial charge in [-0.2, -0.15) is 0 Å². The molecule has 0 bridgehead atoms. The van der Waals surface area contributed by atoms with Gasteiger partial charge in [0.05, 0.1) is 0 Å². The highest BCUT2D eigenvalue weighted by atomic mass is 16.5. The van der Waals surface area contributed by atoms with Crippen molar-refractivity contribution < 1.29 is 29.3 Å². The number of carboxylic acid groups (broad SMARTS) is 2. The Morgan fingerprint density at radius 2 is 1.52 bits per heavy atom. The highest BCUT2D eigenvalue weighted by Gasteiger charge is 2.22. The van der Waals surface area contributed by atoms with Crippen molar-refractivity contribution in [2.24, 2.45) is 0 Å². The molecule has 0 saturated carbocycles. The lowest BCUT2D eigenvalue weighted by Gasteiger charge is -2.36. The quantitative estimate of drug-likeness (QED) is 0.753. The van der Waals surface area contributed by atoms with Crippen LogP contribution in [0.1, 0.15) is 13.8 Å². The van der Waals surface area contributed by atoms with Crippen molar-refractivity contribution in [1.29, 1.82) is 0 Å². The third-order valence-corrected chi connectivity index (χ3v) is 4.66. The highest BCUT2D eigenvalue weighted by Crippen LogP contribution is 2.20. The van der Waals surface area contributed by atoms with Crippen molar-refractivity contribution in [2.75, 3.05) is 32.8 Å². The number of nitrogens with zero attached hydrogens (tertiary/aromatic N) is 2. The fraction of sp³-hybridized carbons (Fsp3) is 0.381. The summed E-state index contributed by atoms with van der Waals surface area (Å²) in [5.41, 5.74) is 0. The van der Waals surface area contributed by atoms with Gasteiger partial charge < -0.3 is 19.8 Å². The van der Waals surface area contributed by atoms with Crippen LogP contribution < -0.4 is 4.74 Å². The molecular weight excluding hydrogens is 376 g/mol. The molecule has 0 aromatic heterocycles. The third kappa shape index (κ3) is 6.76. The van der Waals surface area contributed by atoms with Crippen LogP contribution in [0.15, 0.2) is 42.5 Å². The van der Waals surface area contributed by atoms with E-state index >= 15 is 0 Å². The zero-order valence-corrected chi connectivity index (χ0v) is 16.6. The molecule has 1 heterocycles. The average Bonchev–Trinajstić information content (AvgIpc) is 2.72. The second-order valence-electron chi connectivity index (χ2n) is 6.92. The predicted octanol–water partition coefficient (Wildman–Crippen LogP) is 1.93. The molecule has 0 unspecified atom stereocenters. The first-order valence-electron chi connectivity index (χ1n) is 9.37. The van der Waals surface area contributed by atoms with Crippen molar-refractivity contribution in [2.45, 2.75) is 19.9 Å². The van der Waals surface area contributed by atoms with E-state index in [1.54, 1.807) is 0 Å². The van der Waals surface area contributed by atoms with E-state index in [-0.39, 0.29) is 12.5 Å². The lowest BCUT2D eigenvalue weighted by molar-refractivity contribution is -0.159. The fourth-order valence-electron chi connectivity index (χ4n) is 2.98. The molecule has 0 atom stereocenters. The maximum atomic E-state index is 12.3. The van der Waals surface area contributed by atoms with Crippen LogP contribution in [0.2, 0.25) is 0 Å². The number of fused-ring (bicyclic) bond motifs is 1. The molecule has 2 aromatic rings. The van der Waals surface area contributed by atoms with E-state index < -0.39 is 11.9 Å². The molecule has 1 amide bonds. The molecule has 2 aromatic carbocycles. The Morgan fingerprint density at radius 1 is 0.931 bits per heavy atom. The highest BCUT2D eigenvalue weighted by molar-refractivity contribution is 6.27. The Hall–Kier alpha value is -3.13. The van der Waals surface area contributed by atoms with Crippen LogP contribution in [0.25, 0.3) is 10.8 Å². The van der Waals surface area contributed by atoms with Gasteiger partial charge in [0.2, 0.25) is 0 Å². The lowest BCUT2D eigenvalue weighted by atomic mass is 10.1.